The SMILES string of the molecule is Cc1ccc(NC(=O)C[C@@H](NCCN)C(=O)O)c(C)c1. The van der Waals surface area contributed by atoms with Crippen molar-refractivity contribution >= 4 is 17.6 Å². The van der Waals surface area contributed by atoms with Crippen molar-refractivity contribution in [2.24, 2.45) is 5.73 Å². The zero-order valence-corrected chi connectivity index (χ0v) is 11.8. The molecule has 0 fully saturated rings. The van der Waals surface area contributed by atoms with E-state index in [-0.39, 0.29) is 12.3 Å². The van der Waals surface area contributed by atoms with Gasteiger partial charge in [0.15, 0.2) is 0 Å². The number of benzene rings is 1. The van der Waals surface area contributed by atoms with E-state index in [4.69, 9.17) is 10.8 Å². The lowest BCUT2D eigenvalue weighted by Gasteiger charge is -2.14. The van der Waals surface area contributed by atoms with Crippen LogP contribution < -0.4 is 16.4 Å². The summed E-state index contributed by atoms with van der Waals surface area (Å²) in [6.07, 6.45) is -0.136. The first kappa shape index (κ1) is 16.1. The summed E-state index contributed by atoms with van der Waals surface area (Å²) in [7, 11) is 0. The molecule has 0 saturated heterocycles. The van der Waals surface area contributed by atoms with Gasteiger partial charge < -0.3 is 21.5 Å². The predicted molar refractivity (Wildman–Crippen MR) is 77.6 cm³/mol. The number of rotatable bonds is 7. The van der Waals surface area contributed by atoms with Crippen LogP contribution in [0.25, 0.3) is 0 Å². The second kappa shape index (κ2) is 7.62. The molecule has 0 aliphatic rings. The highest BCUT2D eigenvalue weighted by Gasteiger charge is 2.20. The average Bonchev–Trinajstić information content (AvgIpc) is 2.37. The Hall–Kier alpha value is -1.92. The number of carbonyl (C=O) groups excluding carboxylic acids is 1. The topological polar surface area (TPSA) is 104 Å². The first-order chi connectivity index (χ1) is 9.43. The van der Waals surface area contributed by atoms with Gasteiger partial charge in [0.1, 0.15) is 6.04 Å². The molecule has 110 valence electrons. The quantitative estimate of drug-likeness (QED) is 0.586. The Bertz CT molecular complexity index is 489. The van der Waals surface area contributed by atoms with Gasteiger partial charge in [0.05, 0.1) is 6.42 Å². The number of nitrogens with two attached hydrogens (primary N) is 1. The van der Waals surface area contributed by atoms with Crippen molar-refractivity contribution in [3.63, 3.8) is 0 Å². The van der Waals surface area contributed by atoms with Gasteiger partial charge in [-0.1, -0.05) is 17.7 Å². The van der Waals surface area contributed by atoms with E-state index in [0.717, 1.165) is 11.1 Å². The van der Waals surface area contributed by atoms with Crippen LogP contribution >= 0.6 is 0 Å². The number of aryl methyl sites for hydroxylation is 2. The monoisotopic (exact) mass is 279 g/mol. The van der Waals surface area contributed by atoms with Crippen LogP contribution in [-0.4, -0.2) is 36.1 Å². The van der Waals surface area contributed by atoms with Crippen molar-refractivity contribution in [1.82, 2.24) is 5.32 Å². The van der Waals surface area contributed by atoms with Crippen LogP contribution in [0.4, 0.5) is 5.69 Å². The van der Waals surface area contributed by atoms with Crippen molar-refractivity contribution in [2.75, 3.05) is 18.4 Å². The van der Waals surface area contributed by atoms with Crippen LogP contribution in [0.5, 0.6) is 0 Å². The fourth-order valence-corrected chi connectivity index (χ4v) is 1.84. The molecule has 1 aromatic carbocycles. The molecule has 0 radical (unpaired) electrons. The van der Waals surface area contributed by atoms with E-state index in [0.29, 0.717) is 18.8 Å². The maximum Gasteiger partial charge on any atom is 0.321 e. The van der Waals surface area contributed by atoms with Crippen LogP contribution in [0, 0.1) is 13.8 Å². The molecule has 20 heavy (non-hydrogen) atoms. The minimum absolute atomic E-state index is 0.136. The molecule has 0 saturated carbocycles. The zero-order chi connectivity index (χ0) is 15.1. The fourth-order valence-electron chi connectivity index (χ4n) is 1.84. The number of carboxylic acids is 1. The minimum atomic E-state index is -1.06. The summed E-state index contributed by atoms with van der Waals surface area (Å²) in [6.45, 7) is 4.54. The number of anilines is 1. The van der Waals surface area contributed by atoms with Gasteiger partial charge in [-0.25, -0.2) is 0 Å². The van der Waals surface area contributed by atoms with E-state index < -0.39 is 12.0 Å². The molecule has 1 amide bonds. The van der Waals surface area contributed by atoms with Gasteiger partial charge in [-0.15, -0.1) is 0 Å². The zero-order valence-electron chi connectivity index (χ0n) is 11.8. The van der Waals surface area contributed by atoms with E-state index in [1.165, 1.54) is 0 Å². The molecule has 0 bridgehead atoms. The third kappa shape index (κ3) is 4.99. The molecule has 0 unspecified atom stereocenters. The molecule has 6 heteroatoms. The Balaban J connectivity index is 2.63. The summed E-state index contributed by atoms with van der Waals surface area (Å²) in [4.78, 5) is 22.9. The highest BCUT2D eigenvalue weighted by Crippen LogP contribution is 2.16. The molecule has 0 aromatic heterocycles. The second-order valence-electron chi connectivity index (χ2n) is 4.70. The largest absolute Gasteiger partial charge is 0.480 e. The summed E-state index contributed by atoms with van der Waals surface area (Å²) >= 11 is 0. The molecular formula is C14H21N3O3. The van der Waals surface area contributed by atoms with E-state index >= 15 is 0 Å². The van der Waals surface area contributed by atoms with E-state index in [1.807, 2.05) is 32.0 Å². The lowest BCUT2D eigenvalue weighted by atomic mass is 10.1. The highest BCUT2D eigenvalue weighted by atomic mass is 16.4. The highest BCUT2D eigenvalue weighted by molar-refractivity contribution is 5.94. The molecule has 0 aliphatic heterocycles. The molecule has 0 heterocycles. The Morgan fingerprint density at radius 3 is 2.60 bits per heavy atom. The number of amides is 1. The molecule has 1 aromatic rings. The molecule has 5 N–H and O–H groups in total. The molecular weight excluding hydrogens is 258 g/mol. The van der Waals surface area contributed by atoms with Crippen LogP contribution in [0.2, 0.25) is 0 Å². The van der Waals surface area contributed by atoms with Crippen molar-refractivity contribution < 1.29 is 14.7 Å². The fraction of sp³-hybridized carbons (Fsp3) is 0.429. The van der Waals surface area contributed by atoms with Gasteiger partial charge in [0, 0.05) is 18.8 Å². The summed E-state index contributed by atoms with van der Waals surface area (Å²) < 4.78 is 0. The molecule has 1 atom stereocenters. The Morgan fingerprint density at radius 1 is 1.35 bits per heavy atom. The van der Waals surface area contributed by atoms with Gasteiger partial charge in [-0.05, 0) is 25.5 Å². The third-order valence-corrected chi connectivity index (χ3v) is 2.88. The number of hydrogen-bond donors (Lipinski definition) is 4. The lowest BCUT2D eigenvalue weighted by molar-refractivity contribution is -0.141. The van der Waals surface area contributed by atoms with Crippen LogP contribution in [0.3, 0.4) is 0 Å². The normalized spacial score (nSPS) is 11.9. The number of carboxylic acid groups (broad SMARTS) is 1. The maximum absolute atomic E-state index is 11.9. The van der Waals surface area contributed by atoms with Crippen LogP contribution in [0.1, 0.15) is 17.5 Å². The standard InChI is InChI=1S/C14H21N3O3/c1-9-3-4-11(10(2)7-9)17-13(18)8-12(14(19)20)16-6-5-15/h3-4,7,12,16H,5-6,8,15H2,1-2H3,(H,17,18)(H,19,20)/t12-/m1/s1. The Morgan fingerprint density at radius 2 is 2.05 bits per heavy atom. The molecule has 6 nitrogen and oxygen atoms in total. The predicted octanol–water partition coefficient (Wildman–Crippen LogP) is 0.634. The number of hydrogen-bond acceptors (Lipinski definition) is 4. The maximum atomic E-state index is 11.9. The van der Waals surface area contributed by atoms with E-state index in [1.54, 1.807) is 0 Å². The number of carbonyl (C=O) groups is 2. The summed E-state index contributed by atoms with van der Waals surface area (Å²) in [5, 5.41) is 14.5. The van der Waals surface area contributed by atoms with Crippen LogP contribution in [0.15, 0.2) is 18.2 Å². The van der Waals surface area contributed by atoms with Crippen molar-refractivity contribution in [3.05, 3.63) is 29.3 Å². The van der Waals surface area contributed by atoms with E-state index in [2.05, 4.69) is 10.6 Å². The van der Waals surface area contributed by atoms with Crippen molar-refractivity contribution in [1.29, 1.82) is 0 Å². The summed E-state index contributed by atoms with van der Waals surface area (Å²) in [6, 6.07) is 4.73. The van der Waals surface area contributed by atoms with Gasteiger partial charge in [0.25, 0.3) is 0 Å². The van der Waals surface area contributed by atoms with Crippen molar-refractivity contribution in [3.8, 4) is 0 Å². The number of nitrogens with one attached hydrogen (secondary N) is 2. The minimum Gasteiger partial charge on any atom is -0.480 e. The summed E-state index contributed by atoms with van der Waals surface area (Å²) in [5.74, 6) is -1.40. The molecule has 1 rings (SSSR count). The first-order valence-corrected chi connectivity index (χ1v) is 6.47. The smallest absolute Gasteiger partial charge is 0.321 e. The third-order valence-electron chi connectivity index (χ3n) is 2.88. The number of aliphatic carboxylic acids is 1. The van der Waals surface area contributed by atoms with Gasteiger partial charge >= 0.3 is 5.97 Å². The Labute approximate surface area is 118 Å². The van der Waals surface area contributed by atoms with Gasteiger partial charge in [0.2, 0.25) is 5.91 Å². The van der Waals surface area contributed by atoms with Gasteiger partial charge in [-0.3, -0.25) is 9.59 Å². The average molecular weight is 279 g/mol. The van der Waals surface area contributed by atoms with Crippen molar-refractivity contribution in [2.45, 2.75) is 26.3 Å². The lowest BCUT2D eigenvalue weighted by Crippen LogP contribution is -2.41. The Kier molecular flexibility index (Phi) is 6.14. The molecule has 0 spiro atoms. The van der Waals surface area contributed by atoms with Gasteiger partial charge in [-0.2, -0.15) is 0 Å². The van der Waals surface area contributed by atoms with Crippen LogP contribution in [-0.2, 0) is 9.59 Å². The first-order valence-electron chi connectivity index (χ1n) is 6.47. The molecule has 0 aliphatic carbocycles. The second-order valence-corrected chi connectivity index (χ2v) is 4.70. The summed E-state index contributed by atoms with van der Waals surface area (Å²) in [5.41, 5.74) is 8.06. The van der Waals surface area contributed by atoms with E-state index in [9.17, 15) is 9.59 Å².